The predicted molar refractivity (Wildman–Crippen MR) is 112 cm³/mol. The maximum atomic E-state index is 12.8. The van der Waals surface area contributed by atoms with Crippen molar-refractivity contribution < 1.29 is 24.9 Å². The average Bonchev–Trinajstić information content (AvgIpc) is 2.68. The van der Waals surface area contributed by atoms with Crippen LogP contribution in [0.15, 0.2) is 46.4 Å². The molecule has 156 valence electrons. The third-order valence-electron chi connectivity index (χ3n) is 4.51. The zero-order chi connectivity index (χ0) is 21.3. The molecule has 3 rings (SSSR count). The Balaban J connectivity index is 2.13. The smallest absolute Gasteiger partial charge is 0.222 e. The summed E-state index contributed by atoms with van der Waals surface area (Å²) in [6.07, 6.45) is 2.63. The lowest BCUT2D eigenvalue weighted by molar-refractivity contribution is -0.112. The molecule has 0 amide bonds. The molecule has 3 unspecified atom stereocenters. The average molecular weight is 462 g/mol. The van der Waals surface area contributed by atoms with Crippen LogP contribution >= 0.6 is 34.8 Å². The van der Waals surface area contributed by atoms with Gasteiger partial charge in [0, 0.05) is 18.0 Å². The molecule has 3 atom stereocenters. The Morgan fingerprint density at radius 1 is 1.28 bits per heavy atom. The summed E-state index contributed by atoms with van der Waals surface area (Å²) in [5.74, 6) is -0.480. The fourth-order valence-electron chi connectivity index (χ4n) is 3.08. The van der Waals surface area contributed by atoms with Crippen LogP contribution in [0.3, 0.4) is 0 Å². The van der Waals surface area contributed by atoms with E-state index in [1.54, 1.807) is 23.1 Å². The van der Waals surface area contributed by atoms with E-state index in [2.05, 4.69) is 4.99 Å². The highest BCUT2D eigenvalue weighted by molar-refractivity contribution is 6.39. The number of para-hydroxylation sites is 1. The van der Waals surface area contributed by atoms with Gasteiger partial charge in [0.2, 0.25) is 5.88 Å². The number of aliphatic imine (C=N–C) groups is 1. The molecule has 7 nitrogen and oxygen atoms in total. The highest BCUT2D eigenvalue weighted by Crippen LogP contribution is 2.43. The van der Waals surface area contributed by atoms with Gasteiger partial charge in [-0.1, -0.05) is 29.3 Å². The van der Waals surface area contributed by atoms with E-state index in [0.29, 0.717) is 15.7 Å². The van der Waals surface area contributed by atoms with E-state index in [9.17, 15) is 20.1 Å². The van der Waals surface area contributed by atoms with Crippen molar-refractivity contribution in [1.29, 1.82) is 0 Å². The van der Waals surface area contributed by atoms with Gasteiger partial charge in [0.15, 0.2) is 5.78 Å². The van der Waals surface area contributed by atoms with E-state index in [0.717, 1.165) is 0 Å². The molecule has 0 saturated heterocycles. The maximum Gasteiger partial charge on any atom is 0.222 e. The second-order valence-corrected chi connectivity index (χ2v) is 8.25. The van der Waals surface area contributed by atoms with E-state index < -0.39 is 36.0 Å². The molecule has 0 saturated carbocycles. The number of carbonyl (C=O) groups is 1. The SMILES string of the molecule is CC(O)(CO)COC1=C2C(=O)C=C(CO)N(c3c(Cl)cccc3Cl)C2C(Cl)C=N1. The molecule has 3 N–H and O–H groups in total. The van der Waals surface area contributed by atoms with Crippen molar-refractivity contribution in [1.82, 2.24) is 0 Å². The molecule has 0 aliphatic carbocycles. The molecule has 2 aliphatic heterocycles. The minimum Gasteiger partial charge on any atom is -0.474 e. The Bertz CT molecular complexity index is 893. The number of ketones is 1. The van der Waals surface area contributed by atoms with Crippen molar-refractivity contribution in [2.24, 2.45) is 4.99 Å². The zero-order valence-electron chi connectivity index (χ0n) is 15.3. The van der Waals surface area contributed by atoms with Crippen molar-refractivity contribution in [2.45, 2.75) is 23.9 Å². The van der Waals surface area contributed by atoms with Crippen LogP contribution in [0, 0.1) is 0 Å². The minimum atomic E-state index is -1.52. The first-order valence-electron chi connectivity index (χ1n) is 8.67. The summed E-state index contributed by atoms with van der Waals surface area (Å²) in [6, 6.07) is 4.13. The molecule has 0 aromatic heterocycles. The van der Waals surface area contributed by atoms with Crippen molar-refractivity contribution in [3.8, 4) is 0 Å². The first-order chi connectivity index (χ1) is 13.7. The first-order valence-corrected chi connectivity index (χ1v) is 9.87. The van der Waals surface area contributed by atoms with Gasteiger partial charge in [-0.3, -0.25) is 4.79 Å². The molecule has 2 heterocycles. The summed E-state index contributed by atoms with van der Waals surface area (Å²) in [4.78, 5) is 18.5. The molecular formula is C19H19Cl3N2O5. The molecule has 0 bridgehead atoms. The third-order valence-corrected chi connectivity index (χ3v) is 5.48. The molecule has 10 heteroatoms. The van der Waals surface area contributed by atoms with Crippen LogP contribution < -0.4 is 4.90 Å². The normalized spacial score (nSPS) is 23.6. The number of nitrogens with zero attached hydrogens (tertiary/aromatic N) is 2. The highest BCUT2D eigenvalue weighted by atomic mass is 35.5. The van der Waals surface area contributed by atoms with E-state index in [4.69, 9.17) is 39.5 Å². The lowest BCUT2D eigenvalue weighted by Crippen LogP contribution is -2.50. The zero-order valence-corrected chi connectivity index (χ0v) is 17.6. The van der Waals surface area contributed by atoms with Gasteiger partial charge in [-0.2, -0.15) is 0 Å². The van der Waals surface area contributed by atoms with Crippen LogP contribution in [0.2, 0.25) is 10.0 Å². The van der Waals surface area contributed by atoms with Crippen LogP contribution in [-0.4, -0.2) is 64.2 Å². The summed E-state index contributed by atoms with van der Waals surface area (Å²) < 4.78 is 5.55. The topological polar surface area (TPSA) is 103 Å². The van der Waals surface area contributed by atoms with E-state index in [1.165, 1.54) is 19.2 Å². The monoisotopic (exact) mass is 460 g/mol. The Morgan fingerprint density at radius 3 is 2.52 bits per heavy atom. The summed E-state index contributed by atoms with van der Waals surface area (Å²) >= 11 is 19.2. The number of fused-ring (bicyclic) bond motifs is 1. The van der Waals surface area contributed by atoms with Gasteiger partial charge in [0.1, 0.15) is 12.2 Å². The number of aliphatic hydroxyl groups excluding tert-OH is 2. The number of carbonyl (C=O) groups excluding carboxylic acids is 1. The molecule has 0 spiro atoms. The minimum absolute atomic E-state index is 0.0351. The van der Waals surface area contributed by atoms with Gasteiger partial charge in [-0.15, -0.1) is 11.6 Å². The van der Waals surface area contributed by atoms with Gasteiger partial charge in [-0.05, 0) is 19.1 Å². The number of alkyl halides is 1. The lowest BCUT2D eigenvalue weighted by atomic mass is 9.91. The number of benzene rings is 1. The summed E-state index contributed by atoms with van der Waals surface area (Å²) in [5.41, 5.74) is -0.740. The molecule has 0 radical (unpaired) electrons. The van der Waals surface area contributed by atoms with E-state index in [1.807, 2.05) is 0 Å². The van der Waals surface area contributed by atoms with Crippen molar-refractivity contribution in [3.63, 3.8) is 0 Å². The van der Waals surface area contributed by atoms with E-state index >= 15 is 0 Å². The number of hydrogen-bond donors (Lipinski definition) is 3. The first kappa shape index (κ1) is 22.1. The van der Waals surface area contributed by atoms with Crippen molar-refractivity contribution >= 4 is 52.5 Å². The molecule has 29 heavy (non-hydrogen) atoms. The Morgan fingerprint density at radius 2 is 1.93 bits per heavy atom. The molecule has 0 fully saturated rings. The molecular weight excluding hydrogens is 443 g/mol. The van der Waals surface area contributed by atoms with Crippen LogP contribution in [0.5, 0.6) is 0 Å². The van der Waals surface area contributed by atoms with Gasteiger partial charge in [0.25, 0.3) is 0 Å². The number of ether oxygens (including phenoxy) is 1. The second kappa shape index (κ2) is 8.63. The number of halogens is 3. The summed E-state index contributed by atoms with van der Waals surface area (Å²) in [5, 5.41) is 28.9. The number of hydrogen-bond acceptors (Lipinski definition) is 7. The number of allylic oxidation sites excluding steroid dienone is 1. The van der Waals surface area contributed by atoms with Crippen LogP contribution in [0.25, 0.3) is 0 Å². The van der Waals surface area contributed by atoms with Crippen molar-refractivity contribution in [3.05, 3.63) is 51.5 Å². The Kier molecular flexibility index (Phi) is 6.57. The van der Waals surface area contributed by atoms with Crippen molar-refractivity contribution in [2.75, 3.05) is 24.7 Å². The largest absolute Gasteiger partial charge is 0.474 e. The Hall–Kier alpha value is -1.61. The molecule has 1 aromatic carbocycles. The molecule has 1 aromatic rings. The van der Waals surface area contributed by atoms with Crippen LogP contribution in [-0.2, 0) is 9.53 Å². The molecule has 2 aliphatic rings. The number of aliphatic hydroxyl groups is 3. The third kappa shape index (κ3) is 4.30. The highest BCUT2D eigenvalue weighted by Gasteiger charge is 2.43. The maximum absolute atomic E-state index is 12.8. The number of rotatable bonds is 6. The fraction of sp³-hybridized carbons (Fsp3) is 0.368. The van der Waals surface area contributed by atoms with Gasteiger partial charge in [0.05, 0.1) is 45.9 Å². The second-order valence-electron chi connectivity index (χ2n) is 6.93. The standard InChI is InChI=1S/C19H19Cl3N2O5/c1-19(28,8-26)9-29-18-15-14(27)5-10(7-25)24(17(15)13(22)6-23-18)16-11(20)3-2-4-12(16)21/h2-6,13,17,25-26,28H,7-9H2,1H3. The fourth-order valence-corrected chi connectivity index (χ4v) is 3.96. The van der Waals surface area contributed by atoms with Crippen LogP contribution in [0.4, 0.5) is 5.69 Å². The Labute approximate surface area is 182 Å². The summed E-state index contributed by atoms with van der Waals surface area (Å²) in [6.45, 7) is 0.100. The van der Waals surface area contributed by atoms with Gasteiger partial charge < -0.3 is 25.0 Å². The van der Waals surface area contributed by atoms with E-state index in [-0.39, 0.29) is 23.8 Å². The quantitative estimate of drug-likeness (QED) is 0.562. The number of anilines is 1. The van der Waals surface area contributed by atoms with Gasteiger partial charge in [-0.25, -0.2) is 4.99 Å². The summed E-state index contributed by atoms with van der Waals surface area (Å²) in [7, 11) is 0. The van der Waals surface area contributed by atoms with Crippen LogP contribution in [0.1, 0.15) is 6.92 Å². The lowest BCUT2D eigenvalue weighted by Gasteiger charge is -2.42. The predicted octanol–water partition coefficient (Wildman–Crippen LogP) is 2.29. The van der Waals surface area contributed by atoms with Gasteiger partial charge >= 0.3 is 0 Å².